The second-order valence-corrected chi connectivity index (χ2v) is 5.61. The Kier molecular flexibility index (Phi) is 4.46. The molecule has 0 bridgehead atoms. The van der Waals surface area contributed by atoms with E-state index in [1.54, 1.807) is 7.11 Å². The highest BCUT2D eigenvalue weighted by molar-refractivity contribution is 9.10. The number of halogens is 1. The second-order valence-electron chi connectivity index (χ2n) is 4.76. The van der Waals surface area contributed by atoms with Crippen LogP contribution in [0.3, 0.4) is 0 Å². The zero-order chi connectivity index (χ0) is 12.3. The van der Waals surface area contributed by atoms with Gasteiger partial charge in [0.05, 0.1) is 11.6 Å². The van der Waals surface area contributed by atoms with Crippen molar-refractivity contribution < 1.29 is 4.74 Å². The molecule has 0 saturated heterocycles. The maximum absolute atomic E-state index is 5.25. The maximum Gasteiger partial charge on any atom is 0.133 e. The summed E-state index contributed by atoms with van der Waals surface area (Å²) < 4.78 is 6.29. The molecule has 0 aliphatic heterocycles. The smallest absolute Gasteiger partial charge is 0.133 e. The van der Waals surface area contributed by atoms with Gasteiger partial charge in [0.25, 0.3) is 0 Å². The SMILES string of the molecule is CNC(Cc1ccc(OC)c(Br)c1)C1CCC1. The molecule has 1 unspecified atom stereocenters. The first kappa shape index (κ1) is 12.9. The van der Waals surface area contributed by atoms with E-state index >= 15 is 0 Å². The maximum atomic E-state index is 5.25. The summed E-state index contributed by atoms with van der Waals surface area (Å²) >= 11 is 3.54. The van der Waals surface area contributed by atoms with Crippen LogP contribution in [-0.4, -0.2) is 20.2 Å². The molecule has 0 radical (unpaired) electrons. The molecule has 1 atom stereocenters. The van der Waals surface area contributed by atoms with Gasteiger partial charge in [0.1, 0.15) is 5.75 Å². The van der Waals surface area contributed by atoms with Crippen molar-refractivity contribution in [3.8, 4) is 5.75 Å². The Bertz CT molecular complexity index is 376. The average molecular weight is 298 g/mol. The molecule has 2 rings (SSSR count). The number of hydrogen-bond donors (Lipinski definition) is 1. The highest BCUT2D eigenvalue weighted by Gasteiger charge is 2.26. The Labute approximate surface area is 112 Å². The first-order valence-electron chi connectivity index (χ1n) is 6.24. The molecule has 1 N–H and O–H groups in total. The molecule has 1 saturated carbocycles. The van der Waals surface area contributed by atoms with Crippen molar-refractivity contribution in [3.63, 3.8) is 0 Å². The molecule has 94 valence electrons. The highest BCUT2D eigenvalue weighted by atomic mass is 79.9. The average Bonchev–Trinajstić information content (AvgIpc) is 2.26. The predicted molar refractivity (Wildman–Crippen MR) is 74.6 cm³/mol. The number of hydrogen-bond acceptors (Lipinski definition) is 2. The van der Waals surface area contributed by atoms with Gasteiger partial charge < -0.3 is 10.1 Å². The number of ether oxygens (including phenoxy) is 1. The zero-order valence-corrected chi connectivity index (χ0v) is 12.1. The normalized spacial score (nSPS) is 17.6. The van der Waals surface area contributed by atoms with Gasteiger partial charge in [-0.05, 0) is 65.9 Å². The number of methoxy groups -OCH3 is 1. The largest absolute Gasteiger partial charge is 0.496 e. The van der Waals surface area contributed by atoms with Crippen molar-refractivity contribution in [1.29, 1.82) is 0 Å². The third-order valence-electron chi connectivity index (χ3n) is 3.76. The number of rotatable bonds is 5. The van der Waals surface area contributed by atoms with Crippen LogP contribution >= 0.6 is 15.9 Å². The summed E-state index contributed by atoms with van der Waals surface area (Å²) in [5.41, 5.74) is 1.36. The van der Waals surface area contributed by atoms with Crippen LogP contribution in [0, 0.1) is 5.92 Å². The highest BCUT2D eigenvalue weighted by Crippen LogP contribution is 2.32. The predicted octanol–water partition coefficient (Wildman–Crippen LogP) is 3.39. The van der Waals surface area contributed by atoms with Crippen molar-refractivity contribution in [3.05, 3.63) is 28.2 Å². The van der Waals surface area contributed by atoms with E-state index in [0.29, 0.717) is 6.04 Å². The van der Waals surface area contributed by atoms with E-state index in [2.05, 4.69) is 40.4 Å². The molecule has 0 aromatic heterocycles. The van der Waals surface area contributed by atoms with Gasteiger partial charge in [-0.15, -0.1) is 0 Å². The van der Waals surface area contributed by atoms with Crippen LogP contribution in [0.5, 0.6) is 5.75 Å². The number of benzene rings is 1. The van der Waals surface area contributed by atoms with Gasteiger partial charge in [0, 0.05) is 6.04 Å². The lowest BCUT2D eigenvalue weighted by Crippen LogP contribution is -2.39. The lowest BCUT2D eigenvalue weighted by atomic mass is 9.78. The first-order valence-corrected chi connectivity index (χ1v) is 7.03. The van der Waals surface area contributed by atoms with Crippen molar-refractivity contribution in [2.45, 2.75) is 31.7 Å². The summed E-state index contributed by atoms with van der Waals surface area (Å²) in [5.74, 6) is 1.76. The van der Waals surface area contributed by atoms with E-state index in [4.69, 9.17) is 4.74 Å². The molecule has 17 heavy (non-hydrogen) atoms. The quantitative estimate of drug-likeness (QED) is 0.899. The molecule has 0 heterocycles. The summed E-state index contributed by atoms with van der Waals surface area (Å²) in [5, 5.41) is 3.45. The molecule has 3 heteroatoms. The lowest BCUT2D eigenvalue weighted by molar-refractivity contribution is 0.236. The lowest BCUT2D eigenvalue weighted by Gasteiger charge is -2.33. The Morgan fingerprint density at radius 3 is 2.71 bits per heavy atom. The van der Waals surface area contributed by atoms with E-state index in [1.165, 1.54) is 24.8 Å². The summed E-state index contributed by atoms with van der Waals surface area (Å²) in [7, 11) is 3.77. The summed E-state index contributed by atoms with van der Waals surface area (Å²) in [4.78, 5) is 0. The molecule has 0 amide bonds. The fourth-order valence-electron chi connectivity index (χ4n) is 2.44. The van der Waals surface area contributed by atoms with Crippen molar-refractivity contribution in [2.75, 3.05) is 14.2 Å². The van der Waals surface area contributed by atoms with Gasteiger partial charge in [-0.25, -0.2) is 0 Å². The fourth-order valence-corrected chi connectivity index (χ4v) is 3.03. The van der Waals surface area contributed by atoms with E-state index in [9.17, 15) is 0 Å². The Balaban J connectivity index is 2.03. The minimum Gasteiger partial charge on any atom is -0.496 e. The Morgan fingerprint density at radius 2 is 2.24 bits per heavy atom. The Hall–Kier alpha value is -0.540. The van der Waals surface area contributed by atoms with Gasteiger partial charge in [-0.3, -0.25) is 0 Å². The molecular formula is C14H20BrNO. The van der Waals surface area contributed by atoms with Crippen LogP contribution in [0.15, 0.2) is 22.7 Å². The molecule has 0 spiro atoms. The number of nitrogens with one attached hydrogen (secondary N) is 1. The molecular weight excluding hydrogens is 278 g/mol. The van der Waals surface area contributed by atoms with E-state index in [-0.39, 0.29) is 0 Å². The third kappa shape index (κ3) is 3.02. The minimum absolute atomic E-state index is 0.615. The number of likely N-dealkylation sites (N-methyl/N-ethyl adjacent to an activating group) is 1. The summed E-state index contributed by atoms with van der Waals surface area (Å²) in [6, 6.07) is 6.98. The third-order valence-corrected chi connectivity index (χ3v) is 4.38. The van der Waals surface area contributed by atoms with Crippen LogP contribution < -0.4 is 10.1 Å². The Morgan fingerprint density at radius 1 is 1.47 bits per heavy atom. The topological polar surface area (TPSA) is 21.3 Å². The van der Waals surface area contributed by atoms with Gasteiger partial charge in [-0.2, -0.15) is 0 Å². The molecule has 2 nitrogen and oxygen atoms in total. The molecule has 1 aromatic rings. The summed E-state index contributed by atoms with van der Waals surface area (Å²) in [6.07, 6.45) is 5.25. The van der Waals surface area contributed by atoms with Gasteiger partial charge >= 0.3 is 0 Å². The van der Waals surface area contributed by atoms with Crippen molar-refractivity contribution in [2.24, 2.45) is 5.92 Å². The van der Waals surface area contributed by atoms with Crippen LogP contribution in [0.2, 0.25) is 0 Å². The van der Waals surface area contributed by atoms with Crippen LogP contribution in [0.25, 0.3) is 0 Å². The second kappa shape index (κ2) is 5.87. The van der Waals surface area contributed by atoms with Gasteiger partial charge in [0.15, 0.2) is 0 Å². The van der Waals surface area contributed by atoms with Gasteiger partial charge in [-0.1, -0.05) is 12.5 Å². The fraction of sp³-hybridized carbons (Fsp3) is 0.571. The van der Waals surface area contributed by atoms with E-state index in [0.717, 1.165) is 22.6 Å². The summed E-state index contributed by atoms with van der Waals surface area (Å²) in [6.45, 7) is 0. The van der Waals surface area contributed by atoms with E-state index in [1.807, 2.05) is 6.07 Å². The van der Waals surface area contributed by atoms with Gasteiger partial charge in [0.2, 0.25) is 0 Å². The van der Waals surface area contributed by atoms with Crippen LogP contribution in [0.4, 0.5) is 0 Å². The first-order chi connectivity index (χ1) is 8.24. The monoisotopic (exact) mass is 297 g/mol. The molecule has 1 aromatic carbocycles. The van der Waals surface area contributed by atoms with Crippen LogP contribution in [-0.2, 0) is 6.42 Å². The molecule has 1 aliphatic carbocycles. The van der Waals surface area contributed by atoms with Crippen molar-refractivity contribution in [1.82, 2.24) is 5.32 Å². The van der Waals surface area contributed by atoms with Crippen molar-refractivity contribution >= 4 is 15.9 Å². The zero-order valence-electron chi connectivity index (χ0n) is 10.5. The molecule has 1 aliphatic rings. The van der Waals surface area contributed by atoms with E-state index < -0.39 is 0 Å². The standard InChI is InChI=1S/C14H20BrNO/c1-16-13(11-4-3-5-11)9-10-6-7-14(17-2)12(15)8-10/h6-8,11,13,16H,3-5,9H2,1-2H3. The minimum atomic E-state index is 0.615. The molecule has 1 fully saturated rings. The van der Waals surface area contributed by atoms with Crippen LogP contribution in [0.1, 0.15) is 24.8 Å².